The summed E-state index contributed by atoms with van der Waals surface area (Å²) in [5.41, 5.74) is 0. The van der Waals surface area contributed by atoms with Gasteiger partial charge in [-0.2, -0.15) is 0 Å². The minimum atomic E-state index is -3.39. The van der Waals surface area contributed by atoms with E-state index < -0.39 is 21.9 Å². The summed E-state index contributed by atoms with van der Waals surface area (Å²) in [5.74, 6) is -1.57. The van der Waals surface area contributed by atoms with E-state index in [2.05, 4.69) is 0 Å². The number of carbonyl (C=O) groups is 1. The second-order valence-electron chi connectivity index (χ2n) is 5.08. The minimum Gasteiger partial charge on any atom is -0.481 e. The number of sulfonamides is 1. The van der Waals surface area contributed by atoms with E-state index in [9.17, 15) is 13.2 Å². The molecule has 0 aromatic carbocycles. The number of hydrogen-bond acceptors (Lipinski definition) is 4. The molecule has 1 aliphatic rings. The quantitative estimate of drug-likeness (QED) is 0.750. The number of hydrogen-bond donors (Lipinski definition) is 1. The van der Waals surface area contributed by atoms with Crippen molar-refractivity contribution in [2.24, 2.45) is 11.8 Å². The lowest BCUT2D eigenvalue weighted by Gasteiger charge is -2.30. The second kappa shape index (κ2) is 7.21. The van der Waals surface area contributed by atoms with E-state index in [4.69, 9.17) is 9.84 Å². The standard InChI is InChI=1S/C12H23NO5S/c1-3-18-8-10(2)9-19(16,17)13-6-4-5-11(7-13)12(14)15/h10-11H,3-9H2,1-2H3,(H,14,15). The Kier molecular flexibility index (Phi) is 6.22. The van der Waals surface area contributed by atoms with Crippen LogP contribution >= 0.6 is 0 Å². The monoisotopic (exact) mass is 293 g/mol. The van der Waals surface area contributed by atoms with Crippen LogP contribution in [-0.4, -0.2) is 55.9 Å². The molecule has 6 nitrogen and oxygen atoms in total. The van der Waals surface area contributed by atoms with Crippen LogP contribution in [0.4, 0.5) is 0 Å². The zero-order chi connectivity index (χ0) is 14.5. The molecule has 0 amide bonds. The molecular formula is C12H23NO5S. The van der Waals surface area contributed by atoms with Gasteiger partial charge in [0.1, 0.15) is 0 Å². The first-order valence-corrected chi connectivity index (χ1v) is 8.26. The van der Waals surface area contributed by atoms with Crippen LogP contribution in [0.15, 0.2) is 0 Å². The highest BCUT2D eigenvalue weighted by molar-refractivity contribution is 7.89. The molecule has 7 heteroatoms. The van der Waals surface area contributed by atoms with E-state index in [1.165, 1.54) is 4.31 Å². The molecular weight excluding hydrogens is 270 g/mol. The van der Waals surface area contributed by atoms with Crippen LogP contribution in [0.5, 0.6) is 0 Å². The van der Waals surface area contributed by atoms with Gasteiger partial charge in [0.05, 0.1) is 18.3 Å². The molecule has 2 unspecified atom stereocenters. The number of ether oxygens (including phenoxy) is 1. The van der Waals surface area contributed by atoms with Gasteiger partial charge in [0.25, 0.3) is 0 Å². The van der Waals surface area contributed by atoms with E-state index in [1.54, 1.807) is 0 Å². The van der Waals surface area contributed by atoms with Crippen molar-refractivity contribution in [3.8, 4) is 0 Å². The first kappa shape index (κ1) is 16.4. The van der Waals surface area contributed by atoms with Gasteiger partial charge >= 0.3 is 5.97 Å². The molecule has 0 radical (unpaired) electrons. The average molecular weight is 293 g/mol. The van der Waals surface area contributed by atoms with Crippen molar-refractivity contribution in [2.75, 3.05) is 32.1 Å². The first-order chi connectivity index (χ1) is 8.86. The summed E-state index contributed by atoms with van der Waals surface area (Å²) < 4.78 is 30.9. The molecule has 19 heavy (non-hydrogen) atoms. The molecule has 0 aromatic rings. The number of carboxylic acids is 1. The van der Waals surface area contributed by atoms with Crippen LogP contribution < -0.4 is 0 Å². The van der Waals surface area contributed by atoms with Gasteiger partial charge in [-0.25, -0.2) is 12.7 Å². The summed E-state index contributed by atoms with van der Waals surface area (Å²) in [7, 11) is -3.39. The van der Waals surface area contributed by atoms with Gasteiger partial charge in [0.2, 0.25) is 10.0 Å². The summed E-state index contributed by atoms with van der Waals surface area (Å²) in [6.45, 7) is 5.18. The Bertz CT molecular complexity index is 395. The van der Waals surface area contributed by atoms with Crippen molar-refractivity contribution >= 4 is 16.0 Å². The predicted octanol–water partition coefficient (Wildman–Crippen LogP) is 0.785. The second-order valence-corrected chi connectivity index (χ2v) is 7.09. The van der Waals surface area contributed by atoms with Crippen LogP contribution in [0, 0.1) is 11.8 Å². The van der Waals surface area contributed by atoms with Crippen molar-refractivity contribution in [1.29, 1.82) is 0 Å². The van der Waals surface area contributed by atoms with E-state index in [1.807, 2.05) is 13.8 Å². The van der Waals surface area contributed by atoms with Crippen molar-refractivity contribution < 1.29 is 23.1 Å². The highest BCUT2D eigenvalue weighted by Crippen LogP contribution is 2.20. The SMILES string of the molecule is CCOCC(C)CS(=O)(=O)N1CCCC(C(=O)O)C1. The zero-order valence-electron chi connectivity index (χ0n) is 11.5. The van der Waals surface area contributed by atoms with E-state index in [-0.39, 0.29) is 18.2 Å². The summed E-state index contributed by atoms with van der Waals surface area (Å²) in [6.07, 6.45) is 1.16. The molecule has 0 saturated carbocycles. The summed E-state index contributed by atoms with van der Waals surface area (Å²) >= 11 is 0. The average Bonchev–Trinajstić information content (AvgIpc) is 2.36. The summed E-state index contributed by atoms with van der Waals surface area (Å²) in [5, 5.41) is 8.98. The van der Waals surface area contributed by atoms with Gasteiger partial charge in [0, 0.05) is 19.7 Å². The van der Waals surface area contributed by atoms with Crippen LogP contribution in [0.2, 0.25) is 0 Å². The molecule has 1 rings (SSSR count). The van der Waals surface area contributed by atoms with Crippen LogP contribution in [0.25, 0.3) is 0 Å². The first-order valence-electron chi connectivity index (χ1n) is 6.65. The van der Waals surface area contributed by atoms with Gasteiger partial charge < -0.3 is 9.84 Å². The number of aliphatic carboxylic acids is 1. The maximum atomic E-state index is 12.2. The zero-order valence-corrected chi connectivity index (χ0v) is 12.4. The van der Waals surface area contributed by atoms with E-state index in [0.717, 1.165) is 0 Å². The van der Waals surface area contributed by atoms with Gasteiger partial charge in [-0.1, -0.05) is 6.92 Å². The Morgan fingerprint density at radius 3 is 2.79 bits per heavy atom. The summed E-state index contributed by atoms with van der Waals surface area (Å²) in [6, 6.07) is 0. The third-order valence-corrected chi connectivity index (χ3v) is 5.34. The Hall–Kier alpha value is -0.660. The van der Waals surface area contributed by atoms with Crippen molar-refractivity contribution in [3.63, 3.8) is 0 Å². The maximum absolute atomic E-state index is 12.2. The van der Waals surface area contributed by atoms with Crippen LogP contribution in [0.1, 0.15) is 26.7 Å². The van der Waals surface area contributed by atoms with Crippen LogP contribution in [0.3, 0.4) is 0 Å². The molecule has 1 heterocycles. The molecule has 1 aliphatic heterocycles. The Labute approximate surface area is 114 Å². The van der Waals surface area contributed by atoms with Crippen molar-refractivity contribution in [3.05, 3.63) is 0 Å². The van der Waals surface area contributed by atoms with Crippen molar-refractivity contribution in [1.82, 2.24) is 4.31 Å². The number of piperidine rings is 1. The fourth-order valence-corrected chi connectivity index (χ4v) is 4.07. The predicted molar refractivity (Wildman–Crippen MR) is 71.4 cm³/mol. The molecule has 1 fully saturated rings. The highest BCUT2D eigenvalue weighted by Gasteiger charge is 2.32. The topological polar surface area (TPSA) is 83.9 Å². The van der Waals surface area contributed by atoms with Crippen molar-refractivity contribution in [2.45, 2.75) is 26.7 Å². The van der Waals surface area contributed by atoms with Gasteiger partial charge in [-0.3, -0.25) is 4.79 Å². The minimum absolute atomic E-state index is 0.0132. The number of nitrogens with zero attached hydrogens (tertiary/aromatic N) is 1. The van der Waals surface area contributed by atoms with Gasteiger partial charge in [0.15, 0.2) is 0 Å². The lowest BCUT2D eigenvalue weighted by molar-refractivity contribution is -0.142. The molecule has 0 bridgehead atoms. The largest absolute Gasteiger partial charge is 0.481 e. The summed E-state index contributed by atoms with van der Waals surface area (Å²) in [4.78, 5) is 10.9. The lowest BCUT2D eigenvalue weighted by Crippen LogP contribution is -2.44. The molecule has 0 spiro atoms. The Morgan fingerprint density at radius 1 is 1.53 bits per heavy atom. The molecule has 0 aromatic heterocycles. The highest BCUT2D eigenvalue weighted by atomic mass is 32.2. The fourth-order valence-electron chi connectivity index (χ4n) is 2.23. The van der Waals surface area contributed by atoms with Crippen LogP contribution in [-0.2, 0) is 19.6 Å². The van der Waals surface area contributed by atoms with Gasteiger partial charge in [-0.05, 0) is 25.7 Å². The molecule has 112 valence electrons. The molecule has 0 aliphatic carbocycles. The molecule has 1 saturated heterocycles. The normalized spacial score (nSPS) is 23.2. The smallest absolute Gasteiger partial charge is 0.307 e. The molecule has 1 N–H and O–H groups in total. The lowest BCUT2D eigenvalue weighted by atomic mass is 10.0. The third kappa shape index (κ3) is 5.08. The molecule has 2 atom stereocenters. The van der Waals surface area contributed by atoms with E-state index >= 15 is 0 Å². The number of rotatable bonds is 7. The fraction of sp³-hybridized carbons (Fsp3) is 0.917. The maximum Gasteiger partial charge on any atom is 0.307 e. The van der Waals surface area contributed by atoms with E-state index in [0.29, 0.717) is 32.6 Å². The Balaban J connectivity index is 2.58. The number of carboxylic acid groups (broad SMARTS) is 1. The third-order valence-electron chi connectivity index (χ3n) is 3.23. The Morgan fingerprint density at radius 2 is 2.21 bits per heavy atom. The van der Waals surface area contributed by atoms with Gasteiger partial charge in [-0.15, -0.1) is 0 Å².